The van der Waals surface area contributed by atoms with Gasteiger partial charge in [0.25, 0.3) is 0 Å². The van der Waals surface area contributed by atoms with E-state index in [0.717, 1.165) is 18.4 Å². The number of nitriles is 1. The van der Waals surface area contributed by atoms with E-state index in [9.17, 15) is 9.59 Å². The third-order valence-electron chi connectivity index (χ3n) is 8.47. The Morgan fingerprint density at radius 2 is 1.84 bits per heavy atom. The third-order valence-corrected chi connectivity index (χ3v) is 9.21. The summed E-state index contributed by atoms with van der Waals surface area (Å²) in [6, 6.07) is 11.1. The number of carbonyl (C=O) groups is 2. The van der Waals surface area contributed by atoms with Gasteiger partial charge >= 0.3 is 0 Å². The number of hydrogen-bond acceptors (Lipinski definition) is 5. The first-order chi connectivity index (χ1) is 18.2. The summed E-state index contributed by atoms with van der Waals surface area (Å²) in [4.78, 5) is 34.6. The number of halogens is 2. The Balaban J connectivity index is 1.29. The molecule has 200 valence electrons. The van der Waals surface area contributed by atoms with Gasteiger partial charge in [0.15, 0.2) is 0 Å². The first-order valence-electron chi connectivity index (χ1n) is 13.2. The Morgan fingerprint density at radius 1 is 1.11 bits per heavy atom. The number of aromatic nitrogens is 1. The molecule has 0 spiro atoms. The number of rotatable bonds is 6. The highest BCUT2D eigenvalue weighted by Crippen LogP contribution is 2.47. The molecular weight excluding hydrogens is 523 g/mol. The van der Waals surface area contributed by atoms with Crippen LogP contribution in [0.3, 0.4) is 0 Å². The second-order valence-electron chi connectivity index (χ2n) is 11.1. The molecule has 2 saturated heterocycles. The number of piperidine rings is 1. The lowest BCUT2D eigenvalue weighted by molar-refractivity contribution is -0.142. The number of likely N-dealkylation sites (tertiary alicyclic amines) is 2. The minimum Gasteiger partial charge on any atom is -0.474 e. The van der Waals surface area contributed by atoms with E-state index >= 15 is 0 Å². The lowest BCUT2D eigenvalue weighted by Gasteiger charge is -2.34. The van der Waals surface area contributed by atoms with Crippen molar-refractivity contribution >= 4 is 35.0 Å². The van der Waals surface area contributed by atoms with Gasteiger partial charge in [-0.3, -0.25) is 9.59 Å². The van der Waals surface area contributed by atoms with Crippen molar-refractivity contribution in [1.82, 2.24) is 14.8 Å². The number of amides is 2. The second kappa shape index (κ2) is 10.7. The molecule has 9 heteroatoms. The van der Waals surface area contributed by atoms with E-state index in [1.54, 1.807) is 18.2 Å². The smallest absolute Gasteiger partial charge is 0.228 e. The van der Waals surface area contributed by atoms with E-state index in [4.69, 9.17) is 33.2 Å². The van der Waals surface area contributed by atoms with Crippen LogP contribution < -0.4 is 4.74 Å². The van der Waals surface area contributed by atoms with Crippen molar-refractivity contribution in [3.05, 3.63) is 57.7 Å². The summed E-state index contributed by atoms with van der Waals surface area (Å²) >= 11 is 12.5. The molecule has 3 fully saturated rings. The van der Waals surface area contributed by atoms with Crippen molar-refractivity contribution in [3.8, 4) is 11.9 Å². The summed E-state index contributed by atoms with van der Waals surface area (Å²) in [5, 5.41) is 10.0. The van der Waals surface area contributed by atoms with Crippen molar-refractivity contribution in [2.75, 3.05) is 26.2 Å². The van der Waals surface area contributed by atoms with Gasteiger partial charge in [-0.2, -0.15) is 5.26 Å². The highest BCUT2D eigenvalue weighted by atomic mass is 35.5. The normalized spacial score (nSPS) is 23.6. The topological polar surface area (TPSA) is 86.5 Å². The van der Waals surface area contributed by atoms with Crippen LogP contribution in [0.25, 0.3) is 0 Å². The van der Waals surface area contributed by atoms with Gasteiger partial charge in [-0.15, -0.1) is 0 Å². The summed E-state index contributed by atoms with van der Waals surface area (Å²) in [5.74, 6) is 0.757. The molecule has 3 heterocycles. The molecule has 3 aliphatic rings. The average Bonchev–Trinajstić information content (AvgIpc) is 3.52. The van der Waals surface area contributed by atoms with Crippen LogP contribution in [0.4, 0.5) is 0 Å². The van der Waals surface area contributed by atoms with E-state index < -0.39 is 0 Å². The standard InChI is InChI=1S/C29H32Cl2N4O3/c1-18(38-26-6-3-19(14-32)15-33-26)22-16-35(17-23(22)21-4-5-24(30)25(31)13-21)27(36)20-7-11-34(12-8-20)28(37)29(2)9-10-29/h3-6,13,15,18,20,22-23H,7-12,16-17H2,1-2H3/t18-,22+,23+/m0/s1. The van der Waals surface area contributed by atoms with Gasteiger partial charge in [-0.05, 0) is 56.4 Å². The molecule has 2 aliphatic heterocycles. The van der Waals surface area contributed by atoms with Crippen LogP contribution in [0, 0.1) is 28.6 Å². The fourth-order valence-electron chi connectivity index (χ4n) is 5.75. The van der Waals surface area contributed by atoms with Crippen LogP contribution in [0.1, 0.15) is 56.6 Å². The maximum Gasteiger partial charge on any atom is 0.228 e. The van der Waals surface area contributed by atoms with Crippen LogP contribution >= 0.6 is 23.2 Å². The monoisotopic (exact) mass is 554 g/mol. The van der Waals surface area contributed by atoms with Gasteiger partial charge < -0.3 is 14.5 Å². The predicted molar refractivity (Wildman–Crippen MR) is 145 cm³/mol. The quantitative estimate of drug-likeness (QED) is 0.483. The van der Waals surface area contributed by atoms with Gasteiger partial charge in [0.2, 0.25) is 17.7 Å². The van der Waals surface area contributed by atoms with Crippen molar-refractivity contribution in [1.29, 1.82) is 5.26 Å². The van der Waals surface area contributed by atoms with E-state index in [1.807, 2.05) is 35.8 Å². The largest absolute Gasteiger partial charge is 0.474 e. The number of carbonyl (C=O) groups excluding carboxylic acids is 2. The number of benzene rings is 1. The zero-order chi connectivity index (χ0) is 27.0. The molecule has 0 N–H and O–H groups in total. The van der Waals surface area contributed by atoms with Crippen LogP contribution in [0.2, 0.25) is 10.0 Å². The number of ether oxygens (including phenoxy) is 1. The molecule has 1 aromatic heterocycles. The van der Waals surface area contributed by atoms with E-state index in [1.165, 1.54) is 6.20 Å². The Bertz CT molecular complexity index is 1250. The lowest BCUT2D eigenvalue weighted by Crippen LogP contribution is -2.46. The molecule has 1 saturated carbocycles. The molecule has 3 atom stereocenters. The fraction of sp³-hybridized carbons (Fsp3) is 0.517. The minimum absolute atomic E-state index is 0.00474. The highest BCUT2D eigenvalue weighted by Gasteiger charge is 2.48. The third kappa shape index (κ3) is 5.48. The first-order valence-corrected chi connectivity index (χ1v) is 14.0. The van der Waals surface area contributed by atoms with Gasteiger partial charge in [0.1, 0.15) is 12.2 Å². The Hall–Kier alpha value is -2.82. The average molecular weight is 556 g/mol. The molecule has 7 nitrogen and oxygen atoms in total. The molecular formula is C29H32Cl2N4O3. The SMILES string of the molecule is C[C@H](Oc1ccc(C#N)cn1)[C@H]1CN(C(=O)C2CCN(C(=O)C3(C)CC3)CC2)C[C@@H]1c1ccc(Cl)c(Cl)c1. The molecule has 0 unspecified atom stereocenters. The predicted octanol–water partition coefficient (Wildman–Crippen LogP) is 5.31. The Labute approximate surface area is 233 Å². The number of hydrogen-bond donors (Lipinski definition) is 0. The molecule has 1 aromatic carbocycles. The second-order valence-corrected chi connectivity index (χ2v) is 11.9. The van der Waals surface area contributed by atoms with Crippen molar-refractivity contribution in [2.24, 2.45) is 17.3 Å². The van der Waals surface area contributed by atoms with Crippen LogP contribution in [-0.2, 0) is 9.59 Å². The van der Waals surface area contributed by atoms with Crippen LogP contribution in [0.15, 0.2) is 36.5 Å². The number of nitrogens with zero attached hydrogens (tertiary/aromatic N) is 4. The van der Waals surface area contributed by atoms with Crippen LogP contribution in [0.5, 0.6) is 5.88 Å². The van der Waals surface area contributed by atoms with Crippen molar-refractivity contribution < 1.29 is 14.3 Å². The molecule has 0 radical (unpaired) electrons. The summed E-state index contributed by atoms with van der Waals surface area (Å²) in [7, 11) is 0. The Morgan fingerprint density at radius 3 is 2.45 bits per heavy atom. The molecule has 2 amide bonds. The van der Waals surface area contributed by atoms with Crippen molar-refractivity contribution in [3.63, 3.8) is 0 Å². The highest BCUT2D eigenvalue weighted by molar-refractivity contribution is 6.42. The maximum absolute atomic E-state index is 13.7. The van der Waals surface area contributed by atoms with E-state index in [0.29, 0.717) is 60.5 Å². The molecule has 2 aromatic rings. The van der Waals surface area contributed by atoms with Gasteiger partial charge in [0.05, 0.1) is 15.6 Å². The maximum atomic E-state index is 13.7. The lowest BCUT2D eigenvalue weighted by atomic mass is 9.86. The molecule has 38 heavy (non-hydrogen) atoms. The summed E-state index contributed by atoms with van der Waals surface area (Å²) in [6.07, 6.45) is 4.57. The first kappa shape index (κ1) is 26.8. The number of pyridine rings is 1. The van der Waals surface area contributed by atoms with E-state index in [2.05, 4.69) is 11.1 Å². The van der Waals surface area contributed by atoms with Gasteiger partial charge in [-0.25, -0.2) is 4.98 Å². The molecule has 1 aliphatic carbocycles. The zero-order valence-corrected chi connectivity index (χ0v) is 23.2. The summed E-state index contributed by atoms with van der Waals surface area (Å²) in [5.41, 5.74) is 1.31. The summed E-state index contributed by atoms with van der Waals surface area (Å²) < 4.78 is 6.19. The summed E-state index contributed by atoms with van der Waals surface area (Å²) in [6.45, 7) is 6.43. The minimum atomic E-state index is -0.244. The van der Waals surface area contributed by atoms with Gasteiger partial charge in [0, 0.05) is 61.6 Å². The van der Waals surface area contributed by atoms with E-state index in [-0.39, 0.29) is 41.1 Å². The zero-order valence-electron chi connectivity index (χ0n) is 21.7. The molecule has 5 rings (SSSR count). The van der Waals surface area contributed by atoms with Crippen LogP contribution in [-0.4, -0.2) is 58.9 Å². The van der Waals surface area contributed by atoms with Gasteiger partial charge in [-0.1, -0.05) is 36.2 Å². The fourth-order valence-corrected chi connectivity index (χ4v) is 6.05. The molecule has 0 bridgehead atoms. The Kier molecular flexibility index (Phi) is 7.57. The van der Waals surface area contributed by atoms with Crippen molar-refractivity contribution in [2.45, 2.75) is 51.6 Å².